The lowest BCUT2D eigenvalue weighted by Crippen LogP contribution is -2.77. The lowest BCUT2D eigenvalue weighted by atomic mass is 9.69. The fraction of sp³-hybridized carbons (Fsp3) is 0.544. The van der Waals surface area contributed by atoms with Crippen molar-refractivity contribution in [2.75, 3.05) is 6.61 Å². The van der Waals surface area contributed by atoms with Crippen LogP contribution in [-0.4, -0.2) is 59.5 Å². The van der Waals surface area contributed by atoms with Gasteiger partial charge < -0.3 is 34.1 Å². The molecule has 348 valence electrons. The van der Waals surface area contributed by atoms with Crippen molar-refractivity contribution in [3.8, 4) is 0 Å². The Balaban J connectivity index is 1.15. The first-order valence-electron chi connectivity index (χ1n) is 24.8. The fourth-order valence-electron chi connectivity index (χ4n) is 9.39. The van der Waals surface area contributed by atoms with Gasteiger partial charge in [0.1, 0.15) is 30.0 Å². The van der Waals surface area contributed by atoms with Gasteiger partial charge in [0.2, 0.25) is 0 Å². The number of aliphatic hydroxyl groups is 1. The minimum atomic E-state index is -1.01. The monoisotopic (exact) mass is 874 g/mol. The first-order chi connectivity index (χ1) is 31.4. The Bertz CT molecular complexity index is 1840. The quantitative estimate of drug-likeness (QED) is 0.0399. The first-order valence-corrected chi connectivity index (χ1v) is 24.8. The molecule has 4 aromatic carbocycles. The third-order valence-electron chi connectivity index (χ3n) is 13.4. The van der Waals surface area contributed by atoms with Gasteiger partial charge in [0.25, 0.3) is 0 Å². The molecule has 7 atom stereocenters. The van der Waals surface area contributed by atoms with Gasteiger partial charge in [-0.1, -0.05) is 224 Å². The van der Waals surface area contributed by atoms with Crippen LogP contribution in [0.5, 0.6) is 0 Å². The summed E-state index contributed by atoms with van der Waals surface area (Å²) >= 11 is 0. The van der Waals surface area contributed by atoms with Gasteiger partial charge in [0, 0.05) is 6.54 Å². The summed E-state index contributed by atoms with van der Waals surface area (Å²) < 4.78 is 34.3. The molecule has 64 heavy (non-hydrogen) atoms. The fourth-order valence-corrected chi connectivity index (χ4v) is 9.39. The molecule has 1 aliphatic heterocycles. The second-order valence-electron chi connectivity index (χ2n) is 18.8. The molecule has 1 unspecified atom stereocenters. The molecule has 0 spiro atoms. The Hall–Kier alpha value is -3.66. The Labute approximate surface area is 386 Å². The molecule has 7 nitrogen and oxygen atoms in total. The van der Waals surface area contributed by atoms with E-state index >= 15 is 0 Å². The summed E-state index contributed by atoms with van der Waals surface area (Å²) in [4.78, 5) is 0. The number of hydrogen-bond donors (Lipinski definition) is 2. The van der Waals surface area contributed by atoms with E-state index in [1.54, 1.807) is 0 Å². The van der Waals surface area contributed by atoms with Crippen LogP contribution in [0.15, 0.2) is 133 Å². The highest BCUT2D eigenvalue weighted by molar-refractivity contribution is 5.19. The topological polar surface area (TPSA) is 78.4 Å². The summed E-state index contributed by atoms with van der Waals surface area (Å²) in [6.45, 7) is 8.54. The summed E-state index contributed by atoms with van der Waals surface area (Å²) in [5, 5.41) is 16.4. The SMILES string of the molecule is CCCCCCCCCCCCCCCC1(O)[C@@H]([C@@H](CO[C@H]2CC=C[C@H](OCc3ccccc3)[C@H](OCc3ccccc3)[C@H]2OCc2ccccc2)NCc2ccccc2)OC1(C)C. The lowest BCUT2D eigenvalue weighted by Gasteiger charge is -2.60. The number of benzene rings is 4. The molecular weight excluding hydrogens is 795 g/mol. The molecule has 0 amide bonds. The molecule has 6 rings (SSSR count). The minimum Gasteiger partial charge on any atom is -0.384 e. The highest BCUT2D eigenvalue weighted by atomic mass is 16.6. The Morgan fingerprint density at radius 1 is 0.578 bits per heavy atom. The molecule has 1 aliphatic carbocycles. The molecular formula is C57H79NO6. The summed E-state index contributed by atoms with van der Waals surface area (Å²) in [5.74, 6) is 0. The molecule has 2 N–H and O–H groups in total. The van der Waals surface area contributed by atoms with Gasteiger partial charge in [0.15, 0.2) is 0 Å². The second kappa shape index (κ2) is 27.1. The van der Waals surface area contributed by atoms with Gasteiger partial charge in [-0.05, 0) is 48.9 Å². The number of hydrogen-bond acceptors (Lipinski definition) is 7. The van der Waals surface area contributed by atoms with Crippen molar-refractivity contribution in [3.63, 3.8) is 0 Å². The molecule has 4 aromatic rings. The van der Waals surface area contributed by atoms with E-state index < -0.39 is 29.5 Å². The number of nitrogens with one attached hydrogen (secondary N) is 1. The van der Waals surface area contributed by atoms with Crippen LogP contribution >= 0.6 is 0 Å². The predicted molar refractivity (Wildman–Crippen MR) is 260 cm³/mol. The minimum absolute atomic E-state index is 0.281. The number of rotatable bonds is 30. The molecule has 0 aromatic heterocycles. The first kappa shape index (κ1) is 49.8. The molecule has 0 radical (unpaired) electrons. The van der Waals surface area contributed by atoms with E-state index in [1.807, 2.05) is 74.5 Å². The molecule has 1 fully saturated rings. The molecule has 1 heterocycles. The van der Waals surface area contributed by atoms with Gasteiger partial charge in [-0.15, -0.1) is 0 Å². The smallest absolute Gasteiger partial charge is 0.121 e. The van der Waals surface area contributed by atoms with Crippen LogP contribution in [0.4, 0.5) is 0 Å². The van der Waals surface area contributed by atoms with Crippen LogP contribution in [0.2, 0.25) is 0 Å². The van der Waals surface area contributed by atoms with Crippen LogP contribution in [0.3, 0.4) is 0 Å². The highest BCUT2D eigenvalue weighted by Crippen LogP contribution is 2.47. The molecule has 1 saturated heterocycles. The van der Waals surface area contributed by atoms with Crippen molar-refractivity contribution >= 4 is 0 Å². The van der Waals surface area contributed by atoms with Crippen molar-refractivity contribution in [1.29, 1.82) is 0 Å². The molecule has 2 aliphatic rings. The van der Waals surface area contributed by atoms with Gasteiger partial charge in [-0.2, -0.15) is 0 Å². The predicted octanol–water partition coefficient (Wildman–Crippen LogP) is 12.6. The molecule has 7 heteroatoms. The summed E-state index contributed by atoms with van der Waals surface area (Å²) in [5.41, 5.74) is 2.74. The number of unbranched alkanes of at least 4 members (excludes halogenated alkanes) is 12. The average molecular weight is 874 g/mol. The van der Waals surface area contributed by atoms with Crippen molar-refractivity contribution in [2.45, 2.75) is 191 Å². The van der Waals surface area contributed by atoms with Crippen LogP contribution in [0.25, 0.3) is 0 Å². The van der Waals surface area contributed by atoms with E-state index in [0.29, 0.717) is 45.8 Å². The summed E-state index contributed by atoms with van der Waals surface area (Å²) in [6, 6.07) is 41.0. The van der Waals surface area contributed by atoms with Gasteiger partial charge in [-0.25, -0.2) is 0 Å². The maximum absolute atomic E-state index is 12.6. The molecule has 0 saturated carbocycles. The van der Waals surface area contributed by atoms with Gasteiger partial charge in [-0.3, -0.25) is 0 Å². The van der Waals surface area contributed by atoms with E-state index in [-0.39, 0.29) is 18.2 Å². The Morgan fingerprint density at radius 3 is 1.53 bits per heavy atom. The highest BCUT2D eigenvalue weighted by Gasteiger charge is 2.63. The van der Waals surface area contributed by atoms with Crippen LogP contribution in [0, 0.1) is 0 Å². The van der Waals surface area contributed by atoms with Crippen molar-refractivity contribution in [2.24, 2.45) is 0 Å². The van der Waals surface area contributed by atoms with Crippen molar-refractivity contribution in [1.82, 2.24) is 5.32 Å². The van der Waals surface area contributed by atoms with Crippen molar-refractivity contribution in [3.05, 3.63) is 156 Å². The van der Waals surface area contributed by atoms with E-state index in [0.717, 1.165) is 29.5 Å². The standard InChI is InChI=1S/C57H79NO6/c1-4-5-6-7-8-9-10-11-12-13-14-15-28-40-57(59)55(64-56(57,2)3)50(58-41-46-30-20-16-21-31-46)45-61-52-39-29-38-51(60-42-47-32-22-17-23-33-47)53(62-43-48-34-24-18-25-35-48)54(52)63-44-49-36-26-19-27-37-49/h16-27,29-38,50-55,58-59H,4-15,28,39-45H2,1-3H3/t50-,51+,52+,53+,54+,55-,57?/m1/s1. The van der Waals surface area contributed by atoms with Crippen LogP contribution in [-0.2, 0) is 50.0 Å². The largest absolute Gasteiger partial charge is 0.384 e. The van der Waals surface area contributed by atoms with Crippen LogP contribution in [0.1, 0.15) is 139 Å². The maximum atomic E-state index is 12.6. The van der Waals surface area contributed by atoms with Gasteiger partial charge >= 0.3 is 0 Å². The molecule has 0 bridgehead atoms. The van der Waals surface area contributed by atoms with Gasteiger partial charge in [0.05, 0.1) is 44.2 Å². The zero-order chi connectivity index (χ0) is 44.7. The summed E-state index contributed by atoms with van der Waals surface area (Å²) in [6.07, 6.45) is 20.3. The van der Waals surface area contributed by atoms with Crippen LogP contribution < -0.4 is 5.32 Å². The third-order valence-corrected chi connectivity index (χ3v) is 13.4. The second-order valence-corrected chi connectivity index (χ2v) is 18.8. The maximum Gasteiger partial charge on any atom is 0.121 e. The van der Waals surface area contributed by atoms with E-state index in [1.165, 1.54) is 76.2 Å². The Morgan fingerprint density at radius 2 is 1.03 bits per heavy atom. The van der Waals surface area contributed by atoms with Crippen molar-refractivity contribution < 1.29 is 28.8 Å². The zero-order valence-electron chi connectivity index (χ0n) is 39.3. The van der Waals surface area contributed by atoms with E-state index in [9.17, 15) is 5.11 Å². The van der Waals surface area contributed by atoms with E-state index in [2.05, 4.69) is 85.1 Å². The van der Waals surface area contributed by atoms with E-state index in [4.69, 9.17) is 23.7 Å². The Kier molecular flexibility index (Phi) is 21.1. The average Bonchev–Trinajstić information content (AvgIpc) is 3.49. The lowest BCUT2D eigenvalue weighted by molar-refractivity contribution is -0.350. The summed E-state index contributed by atoms with van der Waals surface area (Å²) in [7, 11) is 0. The zero-order valence-corrected chi connectivity index (χ0v) is 39.3. The third kappa shape index (κ3) is 15.5. The number of ether oxygens (including phenoxy) is 5. The normalized spacial score (nSPS) is 23.3.